The van der Waals surface area contributed by atoms with Gasteiger partial charge in [-0.05, 0) is 49.2 Å². The Morgan fingerprint density at radius 2 is 1.89 bits per heavy atom. The van der Waals surface area contributed by atoms with E-state index in [1.165, 1.54) is 5.69 Å². The van der Waals surface area contributed by atoms with Crippen LogP contribution >= 0.6 is 0 Å². The van der Waals surface area contributed by atoms with E-state index < -0.39 is 5.97 Å². The number of nitrogens with zero attached hydrogens (tertiary/aromatic N) is 3. The molecular weight excluding hydrogens is 340 g/mol. The Kier molecular flexibility index (Phi) is 6.29. The number of hydrogen-bond donors (Lipinski definition) is 2. The molecule has 27 heavy (non-hydrogen) atoms. The molecule has 3 rings (SSSR count). The second-order valence-corrected chi connectivity index (χ2v) is 6.89. The molecule has 0 bridgehead atoms. The van der Waals surface area contributed by atoms with Gasteiger partial charge in [0.25, 0.3) is 0 Å². The molecule has 0 unspecified atom stereocenters. The van der Waals surface area contributed by atoms with Crippen LogP contribution in [0, 0.1) is 0 Å². The molecular formula is C21H28N4O2. The van der Waals surface area contributed by atoms with Crippen LogP contribution in [0.25, 0.3) is 0 Å². The molecule has 0 saturated carbocycles. The number of benzene rings is 1. The van der Waals surface area contributed by atoms with E-state index in [1.807, 2.05) is 30.1 Å². The zero-order valence-corrected chi connectivity index (χ0v) is 16.1. The monoisotopic (exact) mass is 368 g/mol. The van der Waals surface area contributed by atoms with Crippen molar-refractivity contribution in [2.45, 2.75) is 26.2 Å². The number of carboxylic acid groups (broad SMARTS) is 1. The molecule has 0 aliphatic carbocycles. The van der Waals surface area contributed by atoms with Gasteiger partial charge in [0.15, 0.2) is 0 Å². The first kappa shape index (κ1) is 19.2. The molecule has 2 heterocycles. The zero-order chi connectivity index (χ0) is 19.2. The smallest absolute Gasteiger partial charge is 0.339 e. The van der Waals surface area contributed by atoms with Crippen LogP contribution in [0.3, 0.4) is 0 Å². The minimum absolute atomic E-state index is 0.226. The highest BCUT2D eigenvalue weighted by atomic mass is 16.4. The largest absolute Gasteiger partial charge is 0.478 e. The van der Waals surface area contributed by atoms with Crippen LogP contribution in [0.5, 0.6) is 0 Å². The lowest BCUT2D eigenvalue weighted by molar-refractivity contribution is 0.0697. The number of carboxylic acids is 1. The molecule has 0 atom stereocenters. The molecule has 6 nitrogen and oxygen atoms in total. The Hall–Kier alpha value is -2.60. The molecule has 0 spiro atoms. The van der Waals surface area contributed by atoms with Crippen LogP contribution in [-0.2, 0) is 6.42 Å². The number of unbranched alkanes of at least 4 members (excludes halogenated alkanes) is 1. The summed E-state index contributed by atoms with van der Waals surface area (Å²) in [6, 6.07) is 11.7. The summed E-state index contributed by atoms with van der Waals surface area (Å²) < 4.78 is 0. The van der Waals surface area contributed by atoms with E-state index in [2.05, 4.69) is 34.3 Å². The predicted octanol–water partition coefficient (Wildman–Crippen LogP) is 3.30. The number of nitrogens with one attached hydrogen (secondary N) is 1. The predicted molar refractivity (Wildman–Crippen MR) is 109 cm³/mol. The first-order valence-electron chi connectivity index (χ1n) is 9.63. The number of pyridine rings is 1. The van der Waals surface area contributed by atoms with E-state index in [9.17, 15) is 9.90 Å². The first-order chi connectivity index (χ1) is 13.1. The second-order valence-electron chi connectivity index (χ2n) is 6.89. The van der Waals surface area contributed by atoms with Crippen molar-refractivity contribution in [3.63, 3.8) is 0 Å². The number of carbonyl (C=O) groups is 1. The molecule has 144 valence electrons. The Labute approximate surface area is 160 Å². The second kappa shape index (κ2) is 8.86. The maximum Gasteiger partial charge on any atom is 0.339 e. The fraction of sp³-hybridized carbons (Fsp3) is 0.429. The van der Waals surface area contributed by atoms with Crippen LogP contribution in [0.2, 0.25) is 0 Å². The quantitative estimate of drug-likeness (QED) is 0.782. The molecule has 2 aromatic rings. The van der Waals surface area contributed by atoms with E-state index in [0.29, 0.717) is 5.82 Å². The van der Waals surface area contributed by atoms with Crippen LogP contribution in [0.15, 0.2) is 36.4 Å². The van der Waals surface area contributed by atoms with Crippen molar-refractivity contribution in [2.75, 3.05) is 43.0 Å². The van der Waals surface area contributed by atoms with Gasteiger partial charge in [-0.3, -0.25) is 0 Å². The summed E-state index contributed by atoms with van der Waals surface area (Å²) in [7, 11) is 1.87. The van der Waals surface area contributed by atoms with Gasteiger partial charge in [0.1, 0.15) is 11.4 Å². The van der Waals surface area contributed by atoms with Crippen LogP contribution in [-0.4, -0.2) is 49.3 Å². The minimum Gasteiger partial charge on any atom is -0.478 e. The van der Waals surface area contributed by atoms with Crippen LogP contribution in [0.4, 0.5) is 17.2 Å². The third kappa shape index (κ3) is 4.57. The summed E-state index contributed by atoms with van der Waals surface area (Å²) in [6.07, 6.45) is 2.99. The molecule has 1 aliphatic rings. The molecule has 0 amide bonds. The standard InChI is InChI=1S/C21H28N4O2/c1-3-4-5-16-6-11-19(21(26)27)20(23-16)24(2)17-7-9-18(10-8-17)25-14-12-22-13-15-25/h6-11,22H,3-5,12-15H2,1-2H3,(H,26,27). The summed E-state index contributed by atoms with van der Waals surface area (Å²) >= 11 is 0. The zero-order valence-electron chi connectivity index (χ0n) is 16.1. The number of anilines is 3. The van der Waals surface area contributed by atoms with Crippen LogP contribution < -0.4 is 15.1 Å². The van der Waals surface area contributed by atoms with E-state index in [1.54, 1.807) is 6.07 Å². The topological polar surface area (TPSA) is 68.7 Å². The Bertz CT molecular complexity index is 770. The van der Waals surface area contributed by atoms with E-state index in [4.69, 9.17) is 0 Å². The lowest BCUT2D eigenvalue weighted by Crippen LogP contribution is -2.43. The van der Waals surface area contributed by atoms with E-state index in [0.717, 1.165) is 56.8 Å². The molecule has 2 N–H and O–H groups in total. The van der Waals surface area contributed by atoms with Crippen molar-refractivity contribution in [1.29, 1.82) is 0 Å². The third-order valence-corrected chi connectivity index (χ3v) is 4.99. The van der Waals surface area contributed by atoms with Gasteiger partial charge in [-0.25, -0.2) is 9.78 Å². The molecule has 6 heteroatoms. The summed E-state index contributed by atoms with van der Waals surface area (Å²) in [5, 5.41) is 12.9. The van der Waals surface area contributed by atoms with Gasteiger partial charge in [-0.15, -0.1) is 0 Å². The normalized spacial score (nSPS) is 14.2. The van der Waals surface area contributed by atoms with Gasteiger partial charge in [0.05, 0.1) is 0 Å². The molecule has 0 radical (unpaired) electrons. The Morgan fingerprint density at radius 1 is 1.19 bits per heavy atom. The van der Waals surface area contributed by atoms with Crippen LogP contribution in [0.1, 0.15) is 35.8 Å². The van der Waals surface area contributed by atoms with Crippen molar-refractivity contribution in [1.82, 2.24) is 10.3 Å². The summed E-state index contributed by atoms with van der Waals surface area (Å²) in [4.78, 5) is 20.5. The fourth-order valence-electron chi connectivity index (χ4n) is 3.34. The summed E-state index contributed by atoms with van der Waals surface area (Å²) in [5.74, 6) is -0.463. The Balaban J connectivity index is 1.85. The van der Waals surface area contributed by atoms with Gasteiger partial charge < -0.3 is 20.2 Å². The van der Waals surface area contributed by atoms with Crippen molar-refractivity contribution >= 4 is 23.2 Å². The summed E-state index contributed by atoms with van der Waals surface area (Å²) in [6.45, 7) is 6.13. The molecule has 1 fully saturated rings. The number of piperazine rings is 1. The molecule has 1 aromatic carbocycles. The average molecular weight is 368 g/mol. The first-order valence-corrected chi connectivity index (χ1v) is 9.63. The van der Waals surface area contributed by atoms with Crippen molar-refractivity contribution in [3.8, 4) is 0 Å². The minimum atomic E-state index is -0.955. The number of aryl methyl sites for hydroxylation is 1. The Morgan fingerprint density at radius 3 is 2.52 bits per heavy atom. The van der Waals surface area contributed by atoms with Gasteiger partial charge in [0, 0.05) is 50.3 Å². The molecule has 1 aliphatic heterocycles. The number of hydrogen-bond acceptors (Lipinski definition) is 5. The third-order valence-electron chi connectivity index (χ3n) is 4.99. The van der Waals surface area contributed by atoms with Crippen molar-refractivity contribution in [2.24, 2.45) is 0 Å². The van der Waals surface area contributed by atoms with Gasteiger partial charge >= 0.3 is 5.97 Å². The highest BCUT2D eigenvalue weighted by Gasteiger charge is 2.18. The van der Waals surface area contributed by atoms with Gasteiger partial charge in [-0.1, -0.05) is 13.3 Å². The number of aromatic nitrogens is 1. The lowest BCUT2D eigenvalue weighted by Gasteiger charge is -2.30. The SMILES string of the molecule is CCCCc1ccc(C(=O)O)c(N(C)c2ccc(N3CCNCC3)cc2)n1. The lowest BCUT2D eigenvalue weighted by atomic mass is 10.1. The highest BCUT2D eigenvalue weighted by molar-refractivity contribution is 5.94. The highest BCUT2D eigenvalue weighted by Crippen LogP contribution is 2.28. The van der Waals surface area contributed by atoms with Crippen molar-refractivity contribution in [3.05, 3.63) is 47.7 Å². The van der Waals surface area contributed by atoms with Crippen molar-refractivity contribution < 1.29 is 9.90 Å². The summed E-state index contributed by atoms with van der Waals surface area (Å²) in [5.41, 5.74) is 3.28. The maximum absolute atomic E-state index is 11.7. The molecule has 1 saturated heterocycles. The number of rotatable bonds is 7. The number of aromatic carboxylic acids is 1. The molecule has 1 aromatic heterocycles. The maximum atomic E-state index is 11.7. The van der Waals surface area contributed by atoms with Gasteiger partial charge in [-0.2, -0.15) is 0 Å². The van der Waals surface area contributed by atoms with E-state index >= 15 is 0 Å². The fourth-order valence-corrected chi connectivity index (χ4v) is 3.34. The van der Waals surface area contributed by atoms with Gasteiger partial charge in [0.2, 0.25) is 0 Å². The van der Waals surface area contributed by atoms with E-state index in [-0.39, 0.29) is 5.56 Å². The average Bonchev–Trinajstić information content (AvgIpc) is 2.72.